The van der Waals surface area contributed by atoms with E-state index in [4.69, 9.17) is 9.47 Å². The standard InChI is InChI=1S/C29H26F6N4O3/c1-41-22-8-9-24-25(15-22)37-26(36-24)17-42-21-6-3-18(4-7-21)27(40)39-12-10-38(11-13-39)16-19-2-5-20(28(30,31)32)14-23(19)29(33,34)35/h2-9,14-15H,10-13,16-17H2,1H3,(H,36,37). The fraction of sp³-hybridized carbons (Fsp3) is 0.310. The molecule has 0 bridgehead atoms. The number of carbonyl (C=O) groups is 1. The second kappa shape index (κ2) is 11.6. The molecule has 13 heteroatoms. The van der Waals surface area contributed by atoms with Gasteiger partial charge in [0.05, 0.1) is 29.3 Å². The molecule has 0 unspecified atom stereocenters. The molecular formula is C29H26F6N4O3. The summed E-state index contributed by atoms with van der Waals surface area (Å²) < 4.78 is 90.4. The van der Waals surface area contributed by atoms with E-state index in [0.29, 0.717) is 29.0 Å². The molecule has 7 nitrogen and oxygen atoms in total. The maximum absolute atomic E-state index is 13.5. The van der Waals surface area contributed by atoms with Gasteiger partial charge in [0, 0.05) is 44.4 Å². The molecule has 0 radical (unpaired) electrons. The SMILES string of the molecule is COc1ccc2nc(COc3ccc(C(=O)N4CCN(Cc5ccc(C(F)(F)F)cc5C(F)(F)F)CC4)cc3)[nH]c2c1. The lowest BCUT2D eigenvalue weighted by molar-refractivity contribution is -0.143. The number of piperazine rings is 1. The first kappa shape index (κ1) is 29.2. The molecule has 0 spiro atoms. The average molecular weight is 593 g/mol. The van der Waals surface area contributed by atoms with Crippen LogP contribution in [0, 0.1) is 0 Å². The highest BCUT2D eigenvalue weighted by Crippen LogP contribution is 2.37. The second-order valence-corrected chi connectivity index (χ2v) is 9.82. The quantitative estimate of drug-likeness (QED) is 0.261. The Morgan fingerprint density at radius 3 is 2.21 bits per heavy atom. The second-order valence-electron chi connectivity index (χ2n) is 9.82. The van der Waals surface area contributed by atoms with Gasteiger partial charge in [-0.15, -0.1) is 0 Å². The van der Waals surface area contributed by atoms with Gasteiger partial charge in [-0.25, -0.2) is 4.98 Å². The Morgan fingerprint density at radius 1 is 0.881 bits per heavy atom. The van der Waals surface area contributed by atoms with E-state index in [-0.39, 0.29) is 56.9 Å². The summed E-state index contributed by atoms with van der Waals surface area (Å²) >= 11 is 0. The number of rotatable bonds is 7. The third-order valence-electron chi connectivity index (χ3n) is 7.01. The number of fused-ring (bicyclic) bond motifs is 1. The molecule has 0 saturated carbocycles. The molecule has 2 heterocycles. The first-order chi connectivity index (χ1) is 19.9. The van der Waals surface area contributed by atoms with Gasteiger partial charge < -0.3 is 19.4 Å². The predicted molar refractivity (Wildman–Crippen MR) is 141 cm³/mol. The number of aromatic nitrogens is 2. The van der Waals surface area contributed by atoms with Crippen LogP contribution in [-0.4, -0.2) is 59.0 Å². The fourth-order valence-corrected chi connectivity index (χ4v) is 4.77. The van der Waals surface area contributed by atoms with Crippen molar-refractivity contribution in [3.63, 3.8) is 0 Å². The summed E-state index contributed by atoms with van der Waals surface area (Å²) in [5.41, 5.74) is -0.883. The summed E-state index contributed by atoms with van der Waals surface area (Å²) in [6, 6.07) is 13.8. The third-order valence-corrected chi connectivity index (χ3v) is 7.01. The van der Waals surface area contributed by atoms with Gasteiger partial charge in [0.15, 0.2) is 0 Å². The molecule has 1 aliphatic rings. The number of H-pyrrole nitrogens is 1. The van der Waals surface area contributed by atoms with Crippen LogP contribution in [0.1, 0.15) is 32.9 Å². The zero-order valence-electron chi connectivity index (χ0n) is 22.4. The highest BCUT2D eigenvalue weighted by atomic mass is 19.4. The van der Waals surface area contributed by atoms with Crippen LogP contribution in [0.15, 0.2) is 60.7 Å². The van der Waals surface area contributed by atoms with Crippen molar-refractivity contribution < 1.29 is 40.6 Å². The first-order valence-electron chi connectivity index (χ1n) is 12.9. The summed E-state index contributed by atoms with van der Waals surface area (Å²) in [5, 5.41) is 0. The Balaban J connectivity index is 1.15. The number of carbonyl (C=O) groups excluding carboxylic acids is 1. The maximum Gasteiger partial charge on any atom is 0.416 e. The maximum atomic E-state index is 13.5. The van der Waals surface area contributed by atoms with Gasteiger partial charge in [-0.3, -0.25) is 9.69 Å². The molecule has 4 aromatic rings. The van der Waals surface area contributed by atoms with Crippen LogP contribution in [0.3, 0.4) is 0 Å². The van der Waals surface area contributed by atoms with E-state index in [1.54, 1.807) is 41.2 Å². The van der Waals surface area contributed by atoms with Crippen molar-refractivity contribution in [2.24, 2.45) is 0 Å². The summed E-state index contributed by atoms with van der Waals surface area (Å²) in [6.07, 6.45) is -9.80. The van der Waals surface area contributed by atoms with Crippen LogP contribution < -0.4 is 9.47 Å². The van der Waals surface area contributed by atoms with Crippen molar-refractivity contribution in [3.8, 4) is 11.5 Å². The number of halogens is 6. The van der Waals surface area contributed by atoms with Gasteiger partial charge in [0.25, 0.3) is 5.91 Å². The van der Waals surface area contributed by atoms with Crippen molar-refractivity contribution in [3.05, 3.63) is 88.7 Å². The lowest BCUT2D eigenvalue weighted by Gasteiger charge is -2.35. The Labute approximate surface area is 236 Å². The van der Waals surface area contributed by atoms with E-state index in [0.717, 1.165) is 17.1 Å². The van der Waals surface area contributed by atoms with Crippen LogP contribution in [0.5, 0.6) is 11.5 Å². The highest BCUT2D eigenvalue weighted by molar-refractivity contribution is 5.94. The number of nitrogens with one attached hydrogen (secondary N) is 1. The number of imidazole rings is 1. The summed E-state index contributed by atoms with van der Waals surface area (Å²) in [7, 11) is 1.58. The Kier molecular flexibility index (Phi) is 8.04. The number of nitrogens with zero attached hydrogens (tertiary/aromatic N) is 3. The molecule has 1 N–H and O–H groups in total. The first-order valence-corrected chi connectivity index (χ1v) is 12.9. The fourth-order valence-electron chi connectivity index (χ4n) is 4.77. The van der Waals surface area contributed by atoms with Crippen LogP contribution in [0.2, 0.25) is 0 Å². The number of aromatic amines is 1. The zero-order chi connectivity index (χ0) is 30.1. The molecule has 3 aromatic carbocycles. The van der Waals surface area contributed by atoms with Crippen LogP contribution in [0.25, 0.3) is 11.0 Å². The van der Waals surface area contributed by atoms with Gasteiger partial charge in [-0.1, -0.05) is 6.07 Å². The van der Waals surface area contributed by atoms with E-state index in [1.165, 1.54) is 0 Å². The molecule has 42 heavy (non-hydrogen) atoms. The Hall–Kier alpha value is -4.26. The van der Waals surface area contributed by atoms with Crippen LogP contribution >= 0.6 is 0 Å². The Bertz CT molecular complexity index is 1560. The van der Waals surface area contributed by atoms with E-state index >= 15 is 0 Å². The number of alkyl halides is 6. The number of hydrogen-bond donors (Lipinski definition) is 1. The molecule has 0 atom stereocenters. The van der Waals surface area contributed by atoms with E-state index in [9.17, 15) is 31.1 Å². The molecule has 1 amide bonds. The monoisotopic (exact) mass is 592 g/mol. The average Bonchev–Trinajstić information content (AvgIpc) is 3.37. The van der Waals surface area contributed by atoms with E-state index < -0.39 is 23.5 Å². The molecule has 1 fully saturated rings. The largest absolute Gasteiger partial charge is 0.497 e. The molecule has 222 valence electrons. The smallest absolute Gasteiger partial charge is 0.416 e. The number of hydrogen-bond acceptors (Lipinski definition) is 5. The van der Waals surface area contributed by atoms with E-state index in [2.05, 4.69) is 9.97 Å². The number of ether oxygens (including phenoxy) is 2. The molecular weight excluding hydrogens is 566 g/mol. The molecule has 5 rings (SSSR count). The minimum atomic E-state index is -4.93. The minimum Gasteiger partial charge on any atom is -0.497 e. The van der Waals surface area contributed by atoms with Gasteiger partial charge in [-0.05, 0) is 54.1 Å². The van der Waals surface area contributed by atoms with Crippen molar-refractivity contribution in [2.75, 3.05) is 33.3 Å². The minimum absolute atomic E-state index is 0.149. The van der Waals surface area contributed by atoms with Gasteiger partial charge in [0.1, 0.15) is 23.9 Å². The molecule has 1 aliphatic heterocycles. The summed E-state index contributed by atoms with van der Waals surface area (Å²) in [6.45, 7) is 1.07. The van der Waals surface area contributed by atoms with Crippen molar-refractivity contribution in [1.82, 2.24) is 19.8 Å². The van der Waals surface area contributed by atoms with Crippen molar-refractivity contribution in [1.29, 1.82) is 0 Å². The van der Waals surface area contributed by atoms with Crippen molar-refractivity contribution >= 4 is 16.9 Å². The zero-order valence-corrected chi connectivity index (χ0v) is 22.4. The number of methoxy groups -OCH3 is 1. The molecule has 1 saturated heterocycles. The van der Waals surface area contributed by atoms with Gasteiger partial charge in [0.2, 0.25) is 0 Å². The molecule has 0 aliphatic carbocycles. The highest BCUT2D eigenvalue weighted by Gasteiger charge is 2.38. The normalized spacial score (nSPS) is 14.8. The molecule has 1 aromatic heterocycles. The summed E-state index contributed by atoms with van der Waals surface area (Å²) in [4.78, 5) is 23.9. The number of amides is 1. The Morgan fingerprint density at radius 2 is 1.57 bits per heavy atom. The third kappa shape index (κ3) is 6.62. The van der Waals surface area contributed by atoms with Gasteiger partial charge >= 0.3 is 12.4 Å². The summed E-state index contributed by atoms with van der Waals surface area (Å²) in [5.74, 6) is 1.62. The predicted octanol–water partition coefficient (Wildman–Crippen LogP) is 6.15. The lowest BCUT2D eigenvalue weighted by atomic mass is 10.0. The van der Waals surface area contributed by atoms with Gasteiger partial charge in [-0.2, -0.15) is 26.3 Å². The van der Waals surface area contributed by atoms with Crippen molar-refractivity contribution in [2.45, 2.75) is 25.5 Å². The lowest BCUT2D eigenvalue weighted by Crippen LogP contribution is -2.48. The van der Waals surface area contributed by atoms with Crippen LogP contribution in [0.4, 0.5) is 26.3 Å². The topological polar surface area (TPSA) is 70.7 Å². The number of benzene rings is 3. The van der Waals surface area contributed by atoms with E-state index in [1.807, 2.05) is 18.2 Å². The van der Waals surface area contributed by atoms with Crippen LogP contribution in [-0.2, 0) is 25.5 Å².